The molecule has 1 aromatic heterocycles. The van der Waals surface area contributed by atoms with Crippen molar-refractivity contribution in [3.05, 3.63) is 17.8 Å². The van der Waals surface area contributed by atoms with E-state index < -0.39 is 0 Å². The molecule has 3 heteroatoms. The van der Waals surface area contributed by atoms with E-state index in [9.17, 15) is 0 Å². The van der Waals surface area contributed by atoms with Crippen LogP contribution in [0.3, 0.4) is 0 Å². The minimum atomic E-state index is 0.386. The van der Waals surface area contributed by atoms with Crippen molar-refractivity contribution in [1.82, 2.24) is 9.78 Å². The number of hydrogen-bond acceptors (Lipinski definition) is 2. The Morgan fingerprint density at radius 2 is 2.21 bits per heavy atom. The van der Waals surface area contributed by atoms with Gasteiger partial charge < -0.3 is 0 Å². The summed E-state index contributed by atoms with van der Waals surface area (Å²) in [6, 6.07) is 0. The second-order valence-corrected chi connectivity index (χ2v) is 4.00. The summed E-state index contributed by atoms with van der Waals surface area (Å²) in [5.74, 6) is 1.83. The highest BCUT2D eigenvalue weighted by molar-refractivity contribution is 5.70. The second-order valence-electron chi connectivity index (χ2n) is 4.00. The maximum atomic E-state index is 4.46. The van der Waals surface area contributed by atoms with Crippen molar-refractivity contribution >= 4 is 18.2 Å². The molecule has 0 saturated heterocycles. The molecule has 3 nitrogen and oxygen atoms in total. The van der Waals surface area contributed by atoms with Crippen molar-refractivity contribution in [2.45, 2.75) is 26.7 Å². The Bertz CT molecular complexity index is 385. The summed E-state index contributed by atoms with van der Waals surface area (Å²) in [5, 5.41) is 4.29. The Hall–Kier alpha value is -1.38. The summed E-state index contributed by atoms with van der Waals surface area (Å²) < 4.78 is 1.84. The Morgan fingerprint density at radius 3 is 2.93 bits per heavy atom. The first kappa shape index (κ1) is 9.19. The quantitative estimate of drug-likeness (QED) is 0.668. The van der Waals surface area contributed by atoms with E-state index in [2.05, 4.69) is 36.9 Å². The molecule has 14 heavy (non-hydrogen) atoms. The van der Waals surface area contributed by atoms with E-state index in [4.69, 9.17) is 0 Å². The molecule has 1 aromatic rings. The average molecular weight is 189 g/mol. The molecule has 0 fully saturated rings. The predicted molar refractivity (Wildman–Crippen MR) is 59.0 cm³/mol. The predicted octanol–water partition coefficient (Wildman–Crippen LogP) is 2.83. The van der Waals surface area contributed by atoms with Crippen LogP contribution in [0.5, 0.6) is 0 Å². The molecule has 2 rings (SSSR count). The van der Waals surface area contributed by atoms with Crippen LogP contribution in [0.15, 0.2) is 17.3 Å². The molecule has 1 atom stereocenters. The summed E-state index contributed by atoms with van der Waals surface area (Å²) in [4.78, 5) is 4.46. The van der Waals surface area contributed by atoms with Crippen LogP contribution in [0.25, 0.3) is 6.20 Å². The van der Waals surface area contributed by atoms with Crippen LogP contribution >= 0.6 is 0 Å². The monoisotopic (exact) mass is 189 g/mol. The number of hydrogen-bond donors (Lipinski definition) is 0. The van der Waals surface area contributed by atoms with Crippen LogP contribution in [-0.4, -0.2) is 16.0 Å². The van der Waals surface area contributed by atoms with E-state index in [-0.39, 0.29) is 0 Å². The number of fused-ring (bicyclic) bond motifs is 1. The molecule has 1 unspecified atom stereocenters. The van der Waals surface area contributed by atoms with Crippen LogP contribution in [0.2, 0.25) is 0 Å². The summed E-state index contributed by atoms with van der Waals surface area (Å²) in [7, 11) is 0. The lowest BCUT2D eigenvalue weighted by Gasteiger charge is -2.02. The maximum absolute atomic E-state index is 4.46. The topological polar surface area (TPSA) is 30.2 Å². The fraction of sp³-hybridized carbons (Fsp3) is 0.455. The largest absolute Gasteiger partial charge is 0.241 e. The minimum Gasteiger partial charge on any atom is -0.241 e. The number of allylic oxidation sites excluding steroid dienone is 1. The summed E-state index contributed by atoms with van der Waals surface area (Å²) in [5.41, 5.74) is 1.21. The highest BCUT2D eigenvalue weighted by Gasteiger charge is 2.12. The van der Waals surface area contributed by atoms with Crippen LogP contribution < -0.4 is 0 Å². The van der Waals surface area contributed by atoms with Gasteiger partial charge in [-0.2, -0.15) is 5.10 Å². The van der Waals surface area contributed by atoms with Gasteiger partial charge in [-0.1, -0.05) is 26.8 Å². The summed E-state index contributed by atoms with van der Waals surface area (Å²) in [6.07, 6.45) is 7.94. The molecule has 0 amide bonds. The molecule has 0 aliphatic carbocycles. The van der Waals surface area contributed by atoms with E-state index in [1.807, 2.05) is 23.3 Å². The lowest BCUT2D eigenvalue weighted by Crippen LogP contribution is -1.88. The number of nitrogens with zero attached hydrogens (tertiary/aromatic N) is 3. The molecule has 1 aliphatic rings. The van der Waals surface area contributed by atoms with Gasteiger partial charge in [-0.3, -0.25) is 0 Å². The van der Waals surface area contributed by atoms with Crippen molar-refractivity contribution in [1.29, 1.82) is 0 Å². The SMILES string of the molecule is CC1C=Cn2ncc(C(C)C)c2N=C1. The van der Waals surface area contributed by atoms with Gasteiger partial charge in [-0.25, -0.2) is 9.67 Å². The lowest BCUT2D eigenvalue weighted by atomic mass is 10.1. The fourth-order valence-corrected chi connectivity index (χ4v) is 1.47. The van der Waals surface area contributed by atoms with E-state index in [0.717, 1.165) is 5.82 Å². The van der Waals surface area contributed by atoms with Crippen molar-refractivity contribution in [3.8, 4) is 0 Å². The molecular weight excluding hydrogens is 174 g/mol. The molecular formula is C11H15N3. The summed E-state index contributed by atoms with van der Waals surface area (Å²) >= 11 is 0. The number of aliphatic imine (C=N–C) groups is 1. The van der Waals surface area contributed by atoms with Crippen LogP contribution in [-0.2, 0) is 0 Å². The average Bonchev–Trinajstić information content (AvgIpc) is 2.46. The fourth-order valence-electron chi connectivity index (χ4n) is 1.47. The number of aromatic nitrogens is 2. The van der Waals surface area contributed by atoms with E-state index in [1.54, 1.807) is 0 Å². The summed E-state index contributed by atoms with van der Waals surface area (Å²) in [6.45, 7) is 6.43. The highest BCUT2D eigenvalue weighted by atomic mass is 15.3. The van der Waals surface area contributed by atoms with Crippen molar-refractivity contribution in [3.63, 3.8) is 0 Å². The van der Waals surface area contributed by atoms with Crippen molar-refractivity contribution in [2.75, 3.05) is 0 Å². The lowest BCUT2D eigenvalue weighted by molar-refractivity contribution is 0.866. The van der Waals surface area contributed by atoms with Crippen molar-refractivity contribution in [2.24, 2.45) is 10.9 Å². The number of rotatable bonds is 1. The standard InChI is InChI=1S/C11H15N3/c1-8(2)10-7-13-14-5-4-9(3)6-12-11(10)14/h4-9H,1-3H3. The van der Waals surface area contributed by atoms with Crippen LogP contribution in [0, 0.1) is 5.92 Å². The first-order valence-electron chi connectivity index (χ1n) is 4.98. The minimum absolute atomic E-state index is 0.386. The Balaban J connectivity index is 2.49. The van der Waals surface area contributed by atoms with Gasteiger partial charge in [0.1, 0.15) is 0 Å². The third kappa shape index (κ3) is 1.50. The highest BCUT2D eigenvalue weighted by Crippen LogP contribution is 2.27. The van der Waals surface area contributed by atoms with Gasteiger partial charge in [0.05, 0.1) is 6.20 Å². The van der Waals surface area contributed by atoms with E-state index in [1.165, 1.54) is 5.56 Å². The molecule has 74 valence electrons. The normalized spacial score (nSPS) is 19.9. The van der Waals surface area contributed by atoms with Gasteiger partial charge in [0.25, 0.3) is 0 Å². The molecule has 2 heterocycles. The van der Waals surface area contributed by atoms with Gasteiger partial charge in [-0.15, -0.1) is 0 Å². The Kier molecular flexibility index (Phi) is 2.23. The maximum Gasteiger partial charge on any atom is 0.158 e. The smallest absolute Gasteiger partial charge is 0.158 e. The van der Waals surface area contributed by atoms with E-state index >= 15 is 0 Å². The van der Waals surface area contributed by atoms with Gasteiger partial charge >= 0.3 is 0 Å². The molecule has 0 aromatic carbocycles. The molecule has 0 N–H and O–H groups in total. The van der Waals surface area contributed by atoms with Gasteiger partial charge in [-0.05, 0) is 5.92 Å². The van der Waals surface area contributed by atoms with Crippen LogP contribution in [0.1, 0.15) is 32.3 Å². The molecule has 0 saturated carbocycles. The first-order chi connectivity index (χ1) is 6.68. The Labute approximate surface area is 84.2 Å². The van der Waals surface area contributed by atoms with Gasteiger partial charge in [0.2, 0.25) is 0 Å². The zero-order valence-electron chi connectivity index (χ0n) is 8.81. The third-order valence-corrected chi connectivity index (χ3v) is 2.38. The Morgan fingerprint density at radius 1 is 1.43 bits per heavy atom. The van der Waals surface area contributed by atoms with E-state index in [0.29, 0.717) is 11.8 Å². The zero-order chi connectivity index (χ0) is 10.1. The second kappa shape index (κ2) is 3.40. The van der Waals surface area contributed by atoms with Crippen molar-refractivity contribution < 1.29 is 0 Å². The molecule has 0 radical (unpaired) electrons. The molecule has 0 spiro atoms. The zero-order valence-corrected chi connectivity index (χ0v) is 8.81. The third-order valence-electron chi connectivity index (χ3n) is 2.38. The molecule has 1 aliphatic heterocycles. The molecule has 0 bridgehead atoms. The van der Waals surface area contributed by atoms with Gasteiger partial charge in [0, 0.05) is 23.9 Å². The first-order valence-corrected chi connectivity index (χ1v) is 4.98. The van der Waals surface area contributed by atoms with Crippen LogP contribution in [0.4, 0.5) is 5.82 Å². The van der Waals surface area contributed by atoms with Gasteiger partial charge in [0.15, 0.2) is 5.82 Å².